The van der Waals surface area contributed by atoms with Gasteiger partial charge in [0.05, 0.1) is 18.4 Å². The first kappa shape index (κ1) is 15.3. The van der Waals surface area contributed by atoms with Crippen LogP contribution in [0.3, 0.4) is 0 Å². The van der Waals surface area contributed by atoms with E-state index in [2.05, 4.69) is 16.1 Å². The lowest BCUT2D eigenvalue weighted by molar-refractivity contribution is 0.745. The molecular formula is C20H18N4O. The van der Waals surface area contributed by atoms with E-state index in [9.17, 15) is 4.79 Å². The van der Waals surface area contributed by atoms with E-state index in [4.69, 9.17) is 0 Å². The van der Waals surface area contributed by atoms with Gasteiger partial charge in [-0.15, -0.1) is 0 Å². The molecule has 5 heteroatoms. The summed E-state index contributed by atoms with van der Waals surface area (Å²) >= 11 is 0. The Bertz CT molecular complexity index is 1120. The number of aryl methyl sites for hydroxylation is 2. The van der Waals surface area contributed by atoms with Gasteiger partial charge in [0.25, 0.3) is 5.56 Å². The third-order valence-corrected chi connectivity index (χ3v) is 4.33. The van der Waals surface area contributed by atoms with E-state index in [0.717, 1.165) is 16.8 Å². The smallest absolute Gasteiger partial charge is 0.264 e. The van der Waals surface area contributed by atoms with Crippen molar-refractivity contribution in [2.45, 2.75) is 20.4 Å². The third kappa shape index (κ3) is 2.74. The van der Waals surface area contributed by atoms with Crippen LogP contribution in [-0.4, -0.2) is 19.3 Å². The quantitative estimate of drug-likeness (QED) is 0.579. The molecule has 0 aliphatic rings. The summed E-state index contributed by atoms with van der Waals surface area (Å²) in [5.41, 5.74) is 4.77. The number of nitrogens with zero attached hydrogens (tertiary/aromatic N) is 4. The van der Waals surface area contributed by atoms with Gasteiger partial charge in [0, 0.05) is 0 Å². The largest absolute Gasteiger partial charge is 0.294 e. The standard InChI is InChI=1S/C20H18N4O/c1-14-6-5-8-16(10-14)12-23-13-21-19-17(20(23)25)11-22-24(19)18-9-4-3-7-15(18)2/h3-11,13H,12H2,1-2H3. The molecule has 2 aromatic heterocycles. The number of hydrogen-bond donors (Lipinski definition) is 0. The Morgan fingerprint density at radius 3 is 2.68 bits per heavy atom. The highest BCUT2D eigenvalue weighted by atomic mass is 16.1. The second-order valence-corrected chi connectivity index (χ2v) is 6.25. The molecule has 0 radical (unpaired) electrons. The van der Waals surface area contributed by atoms with Crippen LogP contribution in [-0.2, 0) is 6.54 Å². The molecule has 5 nitrogen and oxygen atoms in total. The Labute approximate surface area is 145 Å². The van der Waals surface area contributed by atoms with Crippen molar-refractivity contribution in [3.8, 4) is 5.69 Å². The molecule has 0 N–H and O–H groups in total. The highest BCUT2D eigenvalue weighted by molar-refractivity contribution is 5.75. The third-order valence-electron chi connectivity index (χ3n) is 4.33. The first-order chi connectivity index (χ1) is 12.1. The predicted molar refractivity (Wildman–Crippen MR) is 98.1 cm³/mol. The molecule has 25 heavy (non-hydrogen) atoms. The molecule has 2 aromatic carbocycles. The van der Waals surface area contributed by atoms with E-state index in [1.54, 1.807) is 21.8 Å². The number of fused-ring (bicyclic) bond motifs is 1. The normalized spacial score (nSPS) is 11.1. The molecule has 0 aliphatic heterocycles. The van der Waals surface area contributed by atoms with Gasteiger partial charge < -0.3 is 0 Å². The van der Waals surface area contributed by atoms with E-state index in [0.29, 0.717) is 17.6 Å². The molecule has 0 bridgehead atoms. The number of rotatable bonds is 3. The summed E-state index contributed by atoms with van der Waals surface area (Å²) in [7, 11) is 0. The maximum absolute atomic E-state index is 12.8. The van der Waals surface area contributed by atoms with Crippen molar-refractivity contribution >= 4 is 11.0 Å². The molecule has 0 fully saturated rings. The van der Waals surface area contributed by atoms with Crippen molar-refractivity contribution in [1.82, 2.24) is 19.3 Å². The second-order valence-electron chi connectivity index (χ2n) is 6.25. The van der Waals surface area contributed by atoms with Gasteiger partial charge in [-0.3, -0.25) is 9.36 Å². The summed E-state index contributed by atoms with van der Waals surface area (Å²) in [5.74, 6) is 0. The average Bonchev–Trinajstić information content (AvgIpc) is 3.02. The minimum Gasteiger partial charge on any atom is -0.294 e. The minimum absolute atomic E-state index is 0.0775. The molecule has 124 valence electrons. The maximum atomic E-state index is 12.8. The van der Waals surface area contributed by atoms with E-state index in [1.165, 1.54) is 5.56 Å². The average molecular weight is 330 g/mol. The Morgan fingerprint density at radius 1 is 1.04 bits per heavy atom. The molecule has 0 saturated heterocycles. The summed E-state index contributed by atoms with van der Waals surface area (Å²) < 4.78 is 3.35. The molecule has 0 spiro atoms. The predicted octanol–water partition coefficient (Wildman–Crippen LogP) is 3.25. The highest BCUT2D eigenvalue weighted by Gasteiger charge is 2.12. The summed E-state index contributed by atoms with van der Waals surface area (Å²) in [6.07, 6.45) is 3.20. The van der Waals surface area contributed by atoms with Crippen LogP contribution in [0.15, 0.2) is 65.8 Å². The fourth-order valence-corrected chi connectivity index (χ4v) is 3.05. The summed E-state index contributed by atoms with van der Waals surface area (Å²) in [6, 6.07) is 16.1. The fourth-order valence-electron chi connectivity index (χ4n) is 3.05. The molecule has 4 aromatic rings. The second kappa shape index (κ2) is 6.02. The van der Waals surface area contributed by atoms with Crippen LogP contribution in [0.5, 0.6) is 0 Å². The van der Waals surface area contributed by atoms with Crippen molar-refractivity contribution in [3.05, 3.63) is 88.1 Å². The van der Waals surface area contributed by atoms with Gasteiger partial charge in [0.15, 0.2) is 5.65 Å². The molecule has 2 heterocycles. The topological polar surface area (TPSA) is 52.7 Å². The molecule has 0 saturated carbocycles. The fraction of sp³-hybridized carbons (Fsp3) is 0.150. The van der Waals surface area contributed by atoms with Gasteiger partial charge in [0.1, 0.15) is 11.7 Å². The number of hydrogen-bond acceptors (Lipinski definition) is 3. The van der Waals surface area contributed by atoms with E-state index < -0.39 is 0 Å². The summed E-state index contributed by atoms with van der Waals surface area (Å²) in [5, 5.41) is 4.92. The van der Waals surface area contributed by atoms with Crippen LogP contribution in [0.1, 0.15) is 16.7 Å². The van der Waals surface area contributed by atoms with Crippen LogP contribution >= 0.6 is 0 Å². The zero-order valence-corrected chi connectivity index (χ0v) is 14.2. The van der Waals surface area contributed by atoms with E-state index >= 15 is 0 Å². The van der Waals surface area contributed by atoms with Crippen molar-refractivity contribution in [1.29, 1.82) is 0 Å². The zero-order chi connectivity index (χ0) is 17.4. The zero-order valence-electron chi connectivity index (χ0n) is 14.2. The number of para-hydroxylation sites is 1. The van der Waals surface area contributed by atoms with E-state index in [1.807, 2.05) is 56.3 Å². The first-order valence-corrected chi connectivity index (χ1v) is 8.18. The van der Waals surface area contributed by atoms with E-state index in [-0.39, 0.29) is 5.56 Å². The first-order valence-electron chi connectivity index (χ1n) is 8.18. The number of benzene rings is 2. The van der Waals surface area contributed by atoms with Crippen LogP contribution in [0.2, 0.25) is 0 Å². The van der Waals surface area contributed by atoms with Gasteiger partial charge in [-0.1, -0.05) is 48.0 Å². The van der Waals surface area contributed by atoms with Crippen molar-refractivity contribution in [2.75, 3.05) is 0 Å². The van der Waals surface area contributed by atoms with Crippen LogP contribution in [0, 0.1) is 13.8 Å². The van der Waals surface area contributed by atoms with Crippen LogP contribution in [0.4, 0.5) is 0 Å². The lowest BCUT2D eigenvalue weighted by Gasteiger charge is -2.08. The Hall–Kier alpha value is -3.21. The van der Waals surface area contributed by atoms with Gasteiger partial charge in [-0.2, -0.15) is 5.10 Å². The molecular weight excluding hydrogens is 312 g/mol. The van der Waals surface area contributed by atoms with Gasteiger partial charge in [0.2, 0.25) is 0 Å². The lowest BCUT2D eigenvalue weighted by Crippen LogP contribution is -2.21. The van der Waals surface area contributed by atoms with Gasteiger partial charge in [-0.25, -0.2) is 9.67 Å². The number of aromatic nitrogens is 4. The van der Waals surface area contributed by atoms with Crippen molar-refractivity contribution in [2.24, 2.45) is 0 Å². The molecule has 0 amide bonds. The maximum Gasteiger partial charge on any atom is 0.264 e. The molecule has 0 unspecified atom stereocenters. The Morgan fingerprint density at radius 2 is 1.88 bits per heavy atom. The summed E-state index contributed by atoms with van der Waals surface area (Å²) in [6.45, 7) is 4.56. The summed E-state index contributed by atoms with van der Waals surface area (Å²) in [4.78, 5) is 17.3. The molecule has 0 atom stereocenters. The Kier molecular flexibility index (Phi) is 3.69. The van der Waals surface area contributed by atoms with Gasteiger partial charge >= 0.3 is 0 Å². The lowest BCUT2D eigenvalue weighted by atomic mass is 10.1. The molecule has 4 rings (SSSR count). The van der Waals surface area contributed by atoms with Crippen LogP contribution in [0.25, 0.3) is 16.7 Å². The minimum atomic E-state index is -0.0775. The van der Waals surface area contributed by atoms with Crippen molar-refractivity contribution < 1.29 is 0 Å². The van der Waals surface area contributed by atoms with Gasteiger partial charge in [-0.05, 0) is 31.0 Å². The van der Waals surface area contributed by atoms with Crippen LogP contribution < -0.4 is 5.56 Å². The molecule has 0 aliphatic carbocycles. The Balaban J connectivity index is 1.80. The van der Waals surface area contributed by atoms with Crippen molar-refractivity contribution in [3.63, 3.8) is 0 Å². The monoisotopic (exact) mass is 330 g/mol. The SMILES string of the molecule is Cc1cccc(Cn2cnc3c(cnn3-c3ccccc3C)c2=O)c1. The highest BCUT2D eigenvalue weighted by Crippen LogP contribution is 2.17.